The number of hydrogen-bond donors (Lipinski definition) is 1. The van der Waals surface area contributed by atoms with Gasteiger partial charge in [0.1, 0.15) is 0 Å². The van der Waals surface area contributed by atoms with Crippen molar-refractivity contribution in [3.8, 4) is 0 Å². The summed E-state index contributed by atoms with van der Waals surface area (Å²) in [5, 5.41) is 10.1. The van der Waals surface area contributed by atoms with Crippen LogP contribution in [0.25, 0.3) is 0 Å². The van der Waals surface area contributed by atoms with Gasteiger partial charge in [0.25, 0.3) is 0 Å². The second-order valence-corrected chi connectivity index (χ2v) is 4.61. The van der Waals surface area contributed by atoms with Crippen LogP contribution in [0.2, 0.25) is 0 Å². The van der Waals surface area contributed by atoms with E-state index in [0.717, 1.165) is 12.8 Å². The van der Waals surface area contributed by atoms with Crippen molar-refractivity contribution in [3.05, 3.63) is 11.6 Å². The van der Waals surface area contributed by atoms with Crippen LogP contribution < -0.4 is 0 Å². The van der Waals surface area contributed by atoms with Gasteiger partial charge in [-0.05, 0) is 31.3 Å². The van der Waals surface area contributed by atoms with Crippen LogP contribution in [-0.2, 0) is 4.74 Å². The minimum absolute atomic E-state index is 0.209. The van der Waals surface area contributed by atoms with Crippen LogP contribution in [0.5, 0.6) is 0 Å². The van der Waals surface area contributed by atoms with Gasteiger partial charge < -0.3 is 9.84 Å². The second-order valence-electron chi connectivity index (χ2n) is 4.61. The van der Waals surface area contributed by atoms with E-state index in [9.17, 15) is 5.11 Å². The van der Waals surface area contributed by atoms with Crippen molar-refractivity contribution in [2.45, 2.75) is 51.6 Å². The Kier molecular flexibility index (Phi) is 5.96. The van der Waals surface area contributed by atoms with Crippen molar-refractivity contribution in [2.24, 2.45) is 5.92 Å². The predicted molar refractivity (Wildman–Crippen MR) is 62.8 cm³/mol. The van der Waals surface area contributed by atoms with E-state index in [1.165, 1.54) is 31.3 Å². The quantitative estimate of drug-likeness (QED) is 0.726. The highest BCUT2D eigenvalue weighted by atomic mass is 16.5. The maximum absolute atomic E-state index is 10.1. The Morgan fingerprint density at radius 3 is 2.80 bits per heavy atom. The molecule has 0 aromatic heterocycles. The molecule has 0 aromatic carbocycles. The zero-order valence-electron chi connectivity index (χ0n) is 10.0. The van der Waals surface area contributed by atoms with Crippen molar-refractivity contribution in [3.63, 3.8) is 0 Å². The fourth-order valence-electron chi connectivity index (χ4n) is 2.20. The van der Waals surface area contributed by atoms with E-state index in [1.807, 2.05) is 6.92 Å². The summed E-state index contributed by atoms with van der Waals surface area (Å²) in [5.74, 6) is 0.209. The molecule has 1 N–H and O–H groups in total. The zero-order chi connectivity index (χ0) is 11.1. The standard InChI is InChI=1S/C13H24O2/c1-11(10-15-2)13(14)12-8-6-4-3-5-7-9-12/h8,11,13-14H,3-7,9-10H2,1-2H3. The van der Waals surface area contributed by atoms with E-state index in [4.69, 9.17) is 4.74 Å². The highest BCUT2D eigenvalue weighted by Gasteiger charge is 2.18. The topological polar surface area (TPSA) is 29.5 Å². The Hall–Kier alpha value is -0.340. The van der Waals surface area contributed by atoms with Crippen molar-refractivity contribution in [2.75, 3.05) is 13.7 Å². The number of allylic oxidation sites excluding steroid dienone is 1. The van der Waals surface area contributed by atoms with Gasteiger partial charge in [-0.2, -0.15) is 0 Å². The number of rotatable bonds is 4. The molecule has 0 radical (unpaired) electrons. The normalized spacial score (nSPS) is 22.5. The van der Waals surface area contributed by atoms with Crippen LogP contribution in [0.1, 0.15) is 45.4 Å². The van der Waals surface area contributed by atoms with E-state index in [1.54, 1.807) is 7.11 Å². The van der Waals surface area contributed by atoms with E-state index in [2.05, 4.69) is 6.08 Å². The molecule has 0 spiro atoms. The van der Waals surface area contributed by atoms with Gasteiger partial charge in [-0.1, -0.05) is 25.8 Å². The minimum atomic E-state index is -0.303. The molecule has 15 heavy (non-hydrogen) atoms. The fraction of sp³-hybridized carbons (Fsp3) is 0.846. The van der Waals surface area contributed by atoms with Gasteiger partial charge in [-0.3, -0.25) is 0 Å². The minimum Gasteiger partial charge on any atom is -0.388 e. The van der Waals surface area contributed by atoms with Crippen LogP contribution in [0.4, 0.5) is 0 Å². The number of methoxy groups -OCH3 is 1. The van der Waals surface area contributed by atoms with Crippen LogP contribution in [0, 0.1) is 5.92 Å². The third kappa shape index (κ3) is 4.35. The molecule has 0 fully saturated rings. The van der Waals surface area contributed by atoms with E-state index in [0.29, 0.717) is 6.61 Å². The Labute approximate surface area is 93.3 Å². The summed E-state index contributed by atoms with van der Waals surface area (Å²) in [5.41, 5.74) is 1.24. The highest BCUT2D eigenvalue weighted by Crippen LogP contribution is 2.23. The summed E-state index contributed by atoms with van der Waals surface area (Å²) in [6.07, 6.45) is 9.29. The molecule has 0 heterocycles. The lowest BCUT2D eigenvalue weighted by Gasteiger charge is -2.22. The Balaban J connectivity index is 2.50. The molecular formula is C13H24O2. The van der Waals surface area contributed by atoms with Gasteiger partial charge in [0.2, 0.25) is 0 Å². The van der Waals surface area contributed by atoms with Crippen molar-refractivity contribution >= 4 is 0 Å². The lowest BCUT2D eigenvalue weighted by atomic mass is 9.91. The molecule has 2 nitrogen and oxygen atoms in total. The molecule has 0 bridgehead atoms. The van der Waals surface area contributed by atoms with Crippen molar-refractivity contribution < 1.29 is 9.84 Å². The number of ether oxygens (including phenoxy) is 1. The third-order valence-corrected chi connectivity index (χ3v) is 3.17. The van der Waals surface area contributed by atoms with Gasteiger partial charge in [0, 0.05) is 13.0 Å². The van der Waals surface area contributed by atoms with Crippen LogP contribution in [0.3, 0.4) is 0 Å². The average Bonchev–Trinajstić information content (AvgIpc) is 2.16. The Bertz CT molecular complexity index is 199. The summed E-state index contributed by atoms with van der Waals surface area (Å²) in [4.78, 5) is 0. The monoisotopic (exact) mass is 212 g/mol. The molecule has 2 heteroatoms. The van der Waals surface area contributed by atoms with Gasteiger partial charge in [0.15, 0.2) is 0 Å². The molecular weight excluding hydrogens is 188 g/mol. The van der Waals surface area contributed by atoms with Gasteiger partial charge >= 0.3 is 0 Å². The number of aliphatic hydroxyl groups excluding tert-OH is 1. The molecule has 2 atom stereocenters. The summed E-state index contributed by atoms with van der Waals surface area (Å²) >= 11 is 0. The first kappa shape index (κ1) is 12.7. The predicted octanol–water partition coefficient (Wildman–Crippen LogP) is 2.91. The first-order chi connectivity index (χ1) is 7.25. The molecule has 1 rings (SSSR count). The SMILES string of the molecule is COCC(C)C(O)C1=CCCCCCC1. The molecule has 1 aliphatic rings. The number of hydrogen-bond acceptors (Lipinski definition) is 2. The van der Waals surface area contributed by atoms with Crippen LogP contribution >= 0.6 is 0 Å². The number of aliphatic hydroxyl groups is 1. The smallest absolute Gasteiger partial charge is 0.0797 e. The van der Waals surface area contributed by atoms with Crippen LogP contribution in [-0.4, -0.2) is 24.9 Å². The maximum Gasteiger partial charge on any atom is 0.0797 e. The van der Waals surface area contributed by atoms with Gasteiger partial charge in [0.05, 0.1) is 12.7 Å². The third-order valence-electron chi connectivity index (χ3n) is 3.17. The maximum atomic E-state index is 10.1. The van der Waals surface area contributed by atoms with Crippen LogP contribution in [0.15, 0.2) is 11.6 Å². The summed E-state index contributed by atoms with van der Waals surface area (Å²) < 4.78 is 5.08. The van der Waals surface area contributed by atoms with Crippen molar-refractivity contribution in [1.29, 1.82) is 0 Å². The second kappa shape index (κ2) is 7.02. The molecule has 0 amide bonds. The molecule has 0 saturated carbocycles. The first-order valence-electron chi connectivity index (χ1n) is 6.11. The summed E-state index contributed by atoms with van der Waals surface area (Å²) in [6, 6.07) is 0. The molecule has 88 valence electrons. The molecule has 0 saturated heterocycles. The Morgan fingerprint density at radius 1 is 1.33 bits per heavy atom. The van der Waals surface area contributed by atoms with E-state index in [-0.39, 0.29) is 12.0 Å². The molecule has 1 aliphatic carbocycles. The van der Waals surface area contributed by atoms with Gasteiger partial charge in [-0.15, -0.1) is 0 Å². The largest absolute Gasteiger partial charge is 0.388 e. The lowest BCUT2D eigenvalue weighted by molar-refractivity contribution is 0.0753. The highest BCUT2D eigenvalue weighted by molar-refractivity contribution is 5.10. The van der Waals surface area contributed by atoms with Crippen molar-refractivity contribution in [1.82, 2.24) is 0 Å². The fourth-order valence-corrected chi connectivity index (χ4v) is 2.20. The van der Waals surface area contributed by atoms with Gasteiger partial charge in [-0.25, -0.2) is 0 Å². The molecule has 2 unspecified atom stereocenters. The molecule has 0 aromatic rings. The summed E-state index contributed by atoms with van der Waals surface area (Å²) in [7, 11) is 1.69. The van der Waals surface area contributed by atoms with E-state index < -0.39 is 0 Å². The Morgan fingerprint density at radius 2 is 2.07 bits per heavy atom. The first-order valence-corrected chi connectivity index (χ1v) is 6.11. The van der Waals surface area contributed by atoms with E-state index >= 15 is 0 Å². The molecule has 0 aliphatic heterocycles. The lowest BCUT2D eigenvalue weighted by Crippen LogP contribution is -2.24. The average molecular weight is 212 g/mol. The summed E-state index contributed by atoms with van der Waals surface area (Å²) in [6.45, 7) is 2.69. The zero-order valence-corrected chi connectivity index (χ0v) is 10.0.